The molecule has 4 rings (SSSR count). The van der Waals surface area contributed by atoms with Crippen molar-refractivity contribution in [3.8, 4) is 16.9 Å². The van der Waals surface area contributed by atoms with Crippen molar-refractivity contribution < 1.29 is 9.47 Å². The highest BCUT2D eigenvalue weighted by atomic mass is 16.5. The summed E-state index contributed by atoms with van der Waals surface area (Å²) >= 11 is 0. The maximum Gasteiger partial charge on any atom is 0.285 e. The van der Waals surface area contributed by atoms with Crippen molar-refractivity contribution in [2.75, 3.05) is 20.8 Å². The number of aliphatic imine (C=N–C) groups is 1. The summed E-state index contributed by atoms with van der Waals surface area (Å²) in [6.07, 6.45) is 7.97. The second kappa shape index (κ2) is 5.78. The lowest BCUT2D eigenvalue weighted by Crippen LogP contribution is -2.36. The minimum absolute atomic E-state index is 0.190. The van der Waals surface area contributed by atoms with Crippen molar-refractivity contribution in [3.05, 3.63) is 42.0 Å². The van der Waals surface area contributed by atoms with Crippen molar-refractivity contribution in [2.45, 2.75) is 24.8 Å². The van der Waals surface area contributed by atoms with Crippen LogP contribution in [0, 0.1) is 0 Å². The van der Waals surface area contributed by atoms with E-state index in [0.717, 1.165) is 30.6 Å². The highest BCUT2D eigenvalue weighted by molar-refractivity contribution is 5.76. The molecule has 0 fully saturated rings. The molecule has 124 valence electrons. The van der Waals surface area contributed by atoms with E-state index in [4.69, 9.17) is 14.5 Å². The molecular weight excluding hydrogens is 304 g/mol. The van der Waals surface area contributed by atoms with Crippen molar-refractivity contribution in [1.29, 1.82) is 0 Å². The number of hydrogen-bond acceptors (Lipinski definition) is 6. The van der Waals surface area contributed by atoms with Crippen LogP contribution in [0.15, 0.2) is 35.8 Å². The monoisotopic (exact) mass is 324 g/mol. The molecule has 2 aliphatic rings. The highest BCUT2D eigenvalue weighted by Gasteiger charge is 2.41. The number of aromatic nitrogens is 2. The summed E-state index contributed by atoms with van der Waals surface area (Å²) < 4.78 is 11.3. The van der Waals surface area contributed by atoms with Gasteiger partial charge >= 0.3 is 0 Å². The molecule has 1 aromatic carbocycles. The van der Waals surface area contributed by atoms with Crippen LogP contribution >= 0.6 is 0 Å². The molecule has 1 spiro atoms. The highest BCUT2D eigenvalue weighted by Crippen LogP contribution is 2.42. The van der Waals surface area contributed by atoms with Gasteiger partial charge in [0, 0.05) is 37.0 Å². The number of benzene rings is 1. The van der Waals surface area contributed by atoms with Gasteiger partial charge in [-0.2, -0.15) is 0 Å². The molecule has 0 saturated heterocycles. The zero-order valence-corrected chi connectivity index (χ0v) is 13.9. The molecule has 0 amide bonds. The Morgan fingerprint density at radius 3 is 2.75 bits per heavy atom. The van der Waals surface area contributed by atoms with Crippen molar-refractivity contribution in [3.63, 3.8) is 0 Å². The summed E-state index contributed by atoms with van der Waals surface area (Å²) in [6.45, 7) is 0.616. The zero-order chi connectivity index (χ0) is 16.6. The topological polar surface area (TPSA) is 68.6 Å². The van der Waals surface area contributed by atoms with E-state index >= 15 is 0 Å². The van der Waals surface area contributed by atoms with Gasteiger partial charge < -0.3 is 14.8 Å². The zero-order valence-electron chi connectivity index (χ0n) is 13.9. The van der Waals surface area contributed by atoms with Crippen LogP contribution in [0.5, 0.6) is 5.75 Å². The lowest BCUT2D eigenvalue weighted by molar-refractivity contribution is 0.230. The van der Waals surface area contributed by atoms with Crippen LogP contribution in [0.3, 0.4) is 0 Å². The quantitative estimate of drug-likeness (QED) is 0.915. The Morgan fingerprint density at radius 2 is 2.04 bits per heavy atom. The van der Waals surface area contributed by atoms with Gasteiger partial charge in [0.05, 0.1) is 7.11 Å². The van der Waals surface area contributed by atoms with Gasteiger partial charge in [-0.15, -0.1) is 0 Å². The van der Waals surface area contributed by atoms with Gasteiger partial charge in [-0.25, -0.2) is 15.0 Å². The average molecular weight is 324 g/mol. The van der Waals surface area contributed by atoms with Crippen LogP contribution in [0.2, 0.25) is 0 Å². The molecule has 0 bridgehead atoms. The smallest absolute Gasteiger partial charge is 0.285 e. The molecule has 1 N–H and O–H groups in total. The van der Waals surface area contributed by atoms with Gasteiger partial charge in [0.15, 0.2) is 0 Å². The van der Waals surface area contributed by atoms with Crippen molar-refractivity contribution in [1.82, 2.24) is 15.3 Å². The van der Waals surface area contributed by atoms with Crippen LogP contribution in [-0.2, 0) is 17.6 Å². The SMILES string of the molecule is CNC1=N[C@@]2(CCc3c(-c4cncnc4)ccc(OC)c3C2)CO1. The first-order chi connectivity index (χ1) is 11.7. The standard InChI is InChI=1S/C18H20N4O2/c1-19-17-22-18(10-24-17)6-5-14-13(12-8-20-11-21-9-12)3-4-16(23-2)15(14)7-18/h3-4,8-9,11H,5-7,10H2,1-2H3,(H,19,22)/t18-/m1/s1. The third-order valence-electron chi connectivity index (χ3n) is 4.86. The van der Waals surface area contributed by atoms with Crippen LogP contribution in [-0.4, -0.2) is 42.3 Å². The predicted octanol–water partition coefficient (Wildman–Crippen LogP) is 1.99. The summed E-state index contributed by atoms with van der Waals surface area (Å²) in [6, 6.07) is 4.76. The van der Waals surface area contributed by atoms with Gasteiger partial charge in [0.2, 0.25) is 0 Å². The lowest BCUT2D eigenvalue weighted by Gasteiger charge is -2.32. The average Bonchev–Trinajstić information content (AvgIpc) is 3.04. The Balaban J connectivity index is 1.79. The van der Waals surface area contributed by atoms with Gasteiger partial charge in [0.1, 0.15) is 24.2 Å². The predicted molar refractivity (Wildman–Crippen MR) is 91.2 cm³/mol. The second-order valence-electron chi connectivity index (χ2n) is 6.26. The Labute approximate surface area is 141 Å². The lowest BCUT2D eigenvalue weighted by atomic mass is 9.76. The third-order valence-corrected chi connectivity index (χ3v) is 4.86. The molecule has 1 aromatic heterocycles. The fraction of sp³-hybridized carbons (Fsp3) is 0.389. The first-order valence-corrected chi connectivity index (χ1v) is 8.09. The van der Waals surface area contributed by atoms with Crippen LogP contribution in [0.4, 0.5) is 0 Å². The fourth-order valence-corrected chi connectivity index (χ4v) is 3.66. The molecule has 2 aromatic rings. The van der Waals surface area contributed by atoms with Gasteiger partial charge in [0.25, 0.3) is 6.02 Å². The fourth-order valence-electron chi connectivity index (χ4n) is 3.66. The summed E-state index contributed by atoms with van der Waals surface area (Å²) in [5, 5.41) is 3.01. The number of ether oxygens (including phenoxy) is 2. The van der Waals surface area contributed by atoms with Crippen molar-refractivity contribution in [2.24, 2.45) is 4.99 Å². The number of hydrogen-bond donors (Lipinski definition) is 1. The minimum atomic E-state index is -0.190. The van der Waals surface area contributed by atoms with E-state index in [2.05, 4.69) is 21.4 Å². The molecule has 6 heteroatoms. The first kappa shape index (κ1) is 14.9. The van der Waals surface area contributed by atoms with Crippen LogP contribution in [0.1, 0.15) is 17.5 Å². The molecule has 0 unspecified atom stereocenters. The van der Waals surface area contributed by atoms with Gasteiger partial charge in [-0.05, 0) is 30.0 Å². The number of fused-ring (bicyclic) bond motifs is 1. The van der Waals surface area contributed by atoms with Gasteiger partial charge in [-0.1, -0.05) is 6.07 Å². The minimum Gasteiger partial charge on any atom is -0.496 e. The number of amidine groups is 1. The maximum atomic E-state index is 5.68. The van der Waals surface area contributed by atoms with E-state index in [1.807, 2.05) is 25.5 Å². The normalized spacial score (nSPS) is 21.8. The third kappa shape index (κ3) is 2.38. The van der Waals surface area contributed by atoms with E-state index < -0.39 is 0 Å². The molecule has 1 aliphatic heterocycles. The molecule has 0 radical (unpaired) electrons. The first-order valence-electron chi connectivity index (χ1n) is 8.09. The Hall–Kier alpha value is -2.63. The van der Waals surface area contributed by atoms with E-state index in [1.165, 1.54) is 16.7 Å². The Morgan fingerprint density at radius 1 is 1.21 bits per heavy atom. The largest absolute Gasteiger partial charge is 0.496 e. The molecule has 1 aliphatic carbocycles. The molecule has 2 heterocycles. The number of nitrogens with zero attached hydrogens (tertiary/aromatic N) is 3. The molecule has 24 heavy (non-hydrogen) atoms. The van der Waals surface area contributed by atoms with Gasteiger partial charge in [-0.3, -0.25) is 0 Å². The summed E-state index contributed by atoms with van der Waals surface area (Å²) in [4.78, 5) is 13.1. The van der Waals surface area contributed by atoms with Crippen LogP contribution in [0.25, 0.3) is 11.1 Å². The molecule has 6 nitrogen and oxygen atoms in total. The van der Waals surface area contributed by atoms with Crippen molar-refractivity contribution >= 4 is 6.02 Å². The maximum absolute atomic E-state index is 5.68. The number of rotatable bonds is 2. The summed E-state index contributed by atoms with van der Waals surface area (Å²) in [5.41, 5.74) is 4.55. The van der Waals surface area contributed by atoms with E-state index in [-0.39, 0.29) is 5.54 Å². The molecular formula is C18H20N4O2. The summed E-state index contributed by atoms with van der Waals surface area (Å²) in [7, 11) is 3.55. The number of methoxy groups -OCH3 is 1. The van der Waals surface area contributed by atoms with E-state index in [0.29, 0.717) is 12.6 Å². The van der Waals surface area contributed by atoms with Crippen LogP contribution < -0.4 is 10.1 Å². The molecule has 1 atom stereocenters. The summed E-state index contributed by atoms with van der Waals surface area (Å²) in [5.74, 6) is 0.915. The second-order valence-corrected chi connectivity index (χ2v) is 6.26. The Bertz CT molecular complexity index is 791. The van der Waals surface area contributed by atoms with E-state index in [1.54, 1.807) is 13.4 Å². The Kier molecular flexibility index (Phi) is 3.59. The number of nitrogens with one attached hydrogen (secondary N) is 1. The molecule has 0 saturated carbocycles. The van der Waals surface area contributed by atoms with E-state index in [9.17, 15) is 0 Å².